The van der Waals surface area contributed by atoms with Gasteiger partial charge in [-0.2, -0.15) is 0 Å². The lowest BCUT2D eigenvalue weighted by molar-refractivity contribution is 0.0740. The van der Waals surface area contributed by atoms with Gasteiger partial charge in [-0.3, -0.25) is 9.78 Å². The normalized spacial score (nSPS) is 15.1. The van der Waals surface area contributed by atoms with Crippen LogP contribution in [-0.4, -0.2) is 51.9 Å². The van der Waals surface area contributed by atoms with E-state index in [1.165, 1.54) is 0 Å². The molecule has 1 saturated heterocycles. The number of piperazine rings is 1. The number of hydrogen-bond donors (Lipinski definition) is 0. The standard InChI is InChI=1S/C15H17N5O/c1-12-10-18-13(11-17-12)15(21)20-8-6-19(7-9-20)14-4-2-3-5-16-14/h2-5,10-11H,6-9H2,1H3. The SMILES string of the molecule is Cc1cnc(C(=O)N2CCN(c3ccccn3)CC2)cn1. The summed E-state index contributed by atoms with van der Waals surface area (Å²) in [6.45, 7) is 4.76. The van der Waals surface area contributed by atoms with Crippen molar-refractivity contribution in [2.24, 2.45) is 0 Å². The highest BCUT2D eigenvalue weighted by molar-refractivity contribution is 5.92. The van der Waals surface area contributed by atoms with Crippen LogP contribution < -0.4 is 4.90 Å². The van der Waals surface area contributed by atoms with Gasteiger partial charge in [-0.1, -0.05) is 6.07 Å². The highest BCUT2D eigenvalue weighted by Gasteiger charge is 2.23. The van der Waals surface area contributed by atoms with Gasteiger partial charge in [0.25, 0.3) is 5.91 Å². The number of hydrogen-bond acceptors (Lipinski definition) is 5. The minimum atomic E-state index is -0.0526. The topological polar surface area (TPSA) is 62.2 Å². The second kappa shape index (κ2) is 5.87. The van der Waals surface area contributed by atoms with Gasteiger partial charge < -0.3 is 9.80 Å². The third kappa shape index (κ3) is 2.99. The number of carbonyl (C=O) groups is 1. The molecule has 0 N–H and O–H groups in total. The maximum atomic E-state index is 12.3. The zero-order valence-corrected chi connectivity index (χ0v) is 11.9. The minimum Gasteiger partial charge on any atom is -0.353 e. The Morgan fingerprint density at radius 3 is 2.48 bits per heavy atom. The second-order valence-corrected chi connectivity index (χ2v) is 5.01. The van der Waals surface area contributed by atoms with E-state index in [4.69, 9.17) is 0 Å². The Hall–Kier alpha value is -2.50. The lowest BCUT2D eigenvalue weighted by Gasteiger charge is -2.35. The molecule has 0 saturated carbocycles. The van der Waals surface area contributed by atoms with Gasteiger partial charge in [0.15, 0.2) is 0 Å². The van der Waals surface area contributed by atoms with Crippen LogP contribution >= 0.6 is 0 Å². The summed E-state index contributed by atoms with van der Waals surface area (Å²) in [5, 5.41) is 0. The molecular weight excluding hydrogens is 266 g/mol. The van der Waals surface area contributed by atoms with Crippen molar-refractivity contribution in [2.75, 3.05) is 31.1 Å². The highest BCUT2D eigenvalue weighted by atomic mass is 16.2. The lowest BCUT2D eigenvalue weighted by Crippen LogP contribution is -2.49. The first kappa shape index (κ1) is 13.5. The average molecular weight is 283 g/mol. The lowest BCUT2D eigenvalue weighted by atomic mass is 10.2. The molecule has 1 amide bonds. The Morgan fingerprint density at radius 1 is 1.05 bits per heavy atom. The number of rotatable bonds is 2. The summed E-state index contributed by atoms with van der Waals surface area (Å²) in [6, 6.07) is 5.87. The third-order valence-corrected chi connectivity index (χ3v) is 3.54. The molecule has 0 atom stereocenters. The fourth-order valence-corrected chi connectivity index (χ4v) is 2.34. The van der Waals surface area contributed by atoms with Gasteiger partial charge in [-0.25, -0.2) is 9.97 Å². The van der Waals surface area contributed by atoms with E-state index in [-0.39, 0.29) is 5.91 Å². The predicted octanol–water partition coefficient (Wildman–Crippen LogP) is 1.14. The summed E-state index contributed by atoms with van der Waals surface area (Å²) >= 11 is 0. The molecular formula is C15H17N5O. The molecule has 2 aromatic heterocycles. The molecule has 6 heteroatoms. The molecule has 1 aliphatic rings. The molecule has 2 aromatic rings. The number of aryl methyl sites for hydroxylation is 1. The first-order valence-corrected chi connectivity index (χ1v) is 6.98. The smallest absolute Gasteiger partial charge is 0.274 e. The van der Waals surface area contributed by atoms with E-state index in [9.17, 15) is 4.79 Å². The van der Waals surface area contributed by atoms with Gasteiger partial charge in [0.1, 0.15) is 11.5 Å². The first-order valence-electron chi connectivity index (χ1n) is 6.98. The van der Waals surface area contributed by atoms with Crippen LogP contribution in [0.5, 0.6) is 0 Å². The number of amides is 1. The van der Waals surface area contributed by atoms with Crippen molar-refractivity contribution >= 4 is 11.7 Å². The minimum absolute atomic E-state index is 0.0526. The summed E-state index contributed by atoms with van der Waals surface area (Å²) in [6.07, 6.45) is 4.95. The van der Waals surface area contributed by atoms with Crippen LogP contribution in [0.1, 0.15) is 16.2 Å². The van der Waals surface area contributed by atoms with Gasteiger partial charge in [-0.15, -0.1) is 0 Å². The van der Waals surface area contributed by atoms with Gasteiger partial charge in [-0.05, 0) is 19.1 Å². The molecule has 3 rings (SSSR count). The van der Waals surface area contributed by atoms with Crippen LogP contribution in [0.25, 0.3) is 0 Å². The van der Waals surface area contributed by atoms with E-state index in [1.54, 1.807) is 18.6 Å². The molecule has 0 bridgehead atoms. The van der Waals surface area contributed by atoms with Crippen molar-refractivity contribution < 1.29 is 4.79 Å². The van der Waals surface area contributed by atoms with Crippen molar-refractivity contribution in [3.63, 3.8) is 0 Å². The Balaban J connectivity index is 1.63. The number of anilines is 1. The summed E-state index contributed by atoms with van der Waals surface area (Å²) < 4.78 is 0. The first-order chi connectivity index (χ1) is 10.2. The molecule has 1 fully saturated rings. The average Bonchev–Trinajstić information content (AvgIpc) is 2.56. The summed E-state index contributed by atoms with van der Waals surface area (Å²) in [4.78, 5) is 29.0. The maximum absolute atomic E-state index is 12.3. The van der Waals surface area contributed by atoms with Crippen LogP contribution in [0, 0.1) is 6.92 Å². The van der Waals surface area contributed by atoms with Gasteiger partial charge in [0.05, 0.1) is 11.9 Å². The highest BCUT2D eigenvalue weighted by Crippen LogP contribution is 2.13. The van der Waals surface area contributed by atoms with Crippen LogP contribution in [0.4, 0.5) is 5.82 Å². The Morgan fingerprint density at radius 2 is 1.86 bits per heavy atom. The summed E-state index contributed by atoms with van der Waals surface area (Å²) in [5.41, 5.74) is 1.22. The molecule has 1 aliphatic heterocycles. The van der Waals surface area contributed by atoms with Crippen LogP contribution in [0.3, 0.4) is 0 Å². The predicted molar refractivity (Wildman–Crippen MR) is 79.1 cm³/mol. The van der Waals surface area contributed by atoms with Crippen molar-refractivity contribution in [3.05, 3.63) is 48.2 Å². The van der Waals surface area contributed by atoms with E-state index in [0.29, 0.717) is 18.8 Å². The van der Waals surface area contributed by atoms with E-state index < -0.39 is 0 Å². The number of nitrogens with zero attached hydrogens (tertiary/aromatic N) is 5. The maximum Gasteiger partial charge on any atom is 0.274 e. The molecule has 3 heterocycles. The summed E-state index contributed by atoms with van der Waals surface area (Å²) in [5.74, 6) is 0.905. The van der Waals surface area contributed by atoms with Gasteiger partial charge in [0, 0.05) is 38.6 Å². The molecule has 108 valence electrons. The van der Waals surface area contributed by atoms with E-state index in [0.717, 1.165) is 24.6 Å². The Kier molecular flexibility index (Phi) is 3.77. The Bertz CT molecular complexity index is 606. The molecule has 21 heavy (non-hydrogen) atoms. The third-order valence-electron chi connectivity index (χ3n) is 3.54. The van der Waals surface area contributed by atoms with Gasteiger partial charge in [0.2, 0.25) is 0 Å². The molecule has 0 aromatic carbocycles. The fourth-order valence-electron chi connectivity index (χ4n) is 2.34. The second-order valence-electron chi connectivity index (χ2n) is 5.01. The molecule has 0 unspecified atom stereocenters. The number of carbonyl (C=O) groups excluding carboxylic acids is 1. The van der Waals surface area contributed by atoms with Gasteiger partial charge >= 0.3 is 0 Å². The number of pyridine rings is 1. The van der Waals surface area contributed by atoms with Crippen molar-refractivity contribution in [1.82, 2.24) is 19.9 Å². The molecule has 0 radical (unpaired) electrons. The quantitative estimate of drug-likeness (QED) is 0.827. The van der Waals surface area contributed by atoms with Crippen molar-refractivity contribution in [2.45, 2.75) is 6.92 Å². The van der Waals surface area contributed by atoms with E-state index >= 15 is 0 Å². The van der Waals surface area contributed by atoms with E-state index in [2.05, 4.69) is 19.9 Å². The number of aromatic nitrogens is 3. The zero-order chi connectivity index (χ0) is 14.7. The zero-order valence-electron chi connectivity index (χ0n) is 11.9. The van der Waals surface area contributed by atoms with Crippen LogP contribution in [0.2, 0.25) is 0 Å². The fraction of sp³-hybridized carbons (Fsp3) is 0.333. The Labute approximate surface area is 123 Å². The molecule has 6 nitrogen and oxygen atoms in total. The van der Waals surface area contributed by atoms with Crippen LogP contribution in [0.15, 0.2) is 36.8 Å². The molecule has 0 spiro atoms. The largest absolute Gasteiger partial charge is 0.353 e. The van der Waals surface area contributed by atoms with E-state index in [1.807, 2.05) is 30.0 Å². The van der Waals surface area contributed by atoms with Crippen LogP contribution in [-0.2, 0) is 0 Å². The summed E-state index contributed by atoms with van der Waals surface area (Å²) in [7, 11) is 0. The van der Waals surface area contributed by atoms with Crippen molar-refractivity contribution in [1.29, 1.82) is 0 Å². The van der Waals surface area contributed by atoms with Crippen molar-refractivity contribution in [3.8, 4) is 0 Å². The molecule has 0 aliphatic carbocycles. The monoisotopic (exact) mass is 283 g/mol.